The molecule has 0 amide bonds. The lowest BCUT2D eigenvalue weighted by Gasteiger charge is -2.36. The second kappa shape index (κ2) is 5.42. The van der Waals surface area contributed by atoms with Crippen molar-refractivity contribution in [2.45, 2.75) is 26.0 Å². The molecule has 1 aromatic rings. The van der Waals surface area contributed by atoms with Crippen LogP contribution in [0.4, 0.5) is 5.82 Å². The summed E-state index contributed by atoms with van der Waals surface area (Å²) in [6.07, 6.45) is 4.94. The minimum absolute atomic E-state index is 0.278. The first-order chi connectivity index (χ1) is 8.24. The van der Waals surface area contributed by atoms with Crippen molar-refractivity contribution in [3.8, 4) is 0 Å². The maximum Gasteiger partial charge on any atom is 0.147 e. The van der Waals surface area contributed by atoms with Gasteiger partial charge in [0.05, 0.1) is 24.2 Å². The molecule has 0 spiro atoms. The minimum atomic E-state index is 0.278. The van der Waals surface area contributed by atoms with E-state index in [4.69, 9.17) is 10.5 Å². The van der Waals surface area contributed by atoms with Gasteiger partial charge in [-0.1, -0.05) is 6.92 Å². The van der Waals surface area contributed by atoms with Crippen LogP contribution in [0.25, 0.3) is 0 Å². The highest BCUT2D eigenvalue weighted by Crippen LogP contribution is 2.22. The number of hydrogen-bond donors (Lipinski definition) is 1. The fourth-order valence-electron chi connectivity index (χ4n) is 2.17. The zero-order valence-electron chi connectivity index (χ0n) is 10.5. The van der Waals surface area contributed by atoms with Crippen LogP contribution in [0, 0.1) is 5.92 Å². The molecule has 0 bridgehead atoms. The summed E-state index contributed by atoms with van der Waals surface area (Å²) in [7, 11) is 1.77. The van der Waals surface area contributed by atoms with E-state index < -0.39 is 0 Å². The summed E-state index contributed by atoms with van der Waals surface area (Å²) >= 11 is 0. The van der Waals surface area contributed by atoms with Gasteiger partial charge in [0, 0.05) is 26.7 Å². The van der Waals surface area contributed by atoms with E-state index in [0.717, 1.165) is 31.0 Å². The van der Waals surface area contributed by atoms with E-state index in [1.54, 1.807) is 19.5 Å². The quantitative estimate of drug-likeness (QED) is 0.841. The van der Waals surface area contributed by atoms with E-state index in [-0.39, 0.29) is 6.10 Å². The van der Waals surface area contributed by atoms with Gasteiger partial charge in [0.1, 0.15) is 5.82 Å². The molecule has 1 saturated heterocycles. The Morgan fingerprint density at radius 2 is 2.29 bits per heavy atom. The number of piperidine rings is 1. The molecule has 1 fully saturated rings. The average molecular weight is 236 g/mol. The molecule has 1 aliphatic rings. The van der Waals surface area contributed by atoms with Gasteiger partial charge in [0.2, 0.25) is 0 Å². The van der Waals surface area contributed by atoms with E-state index in [1.165, 1.54) is 0 Å². The summed E-state index contributed by atoms with van der Waals surface area (Å²) < 4.78 is 5.49. The molecule has 0 radical (unpaired) electrons. The number of rotatable bonds is 3. The van der Waals surface area contributed by atoms with E-state index in [9.17, 15) is 0 Å². The molecule has 5 nitrogen and oxygen atoms in total. The number of nitrogens with zero attached hydrogens (tertiary/aromatic N) is 3. The zero-order chi connectivity index (χ0) is 12.3. The summed E-state index contributed by atoms with van der Waals surface area (Å²) in [4.78, 5) is 10.9. The second-order valence-electron chi connectivity index (χ2n) is 4.56. The number of ether oxygens (including phenoxy) is 1. The van der Waals surface area contributed by atoms with Crippen LogP contribution in [0.1, 0.15) is 19.0 Å². The Hall–Kier alpha value is -1.20. The standard InChI is InChI=1S/C12H20N4O/c1-9-3-4-16(8-11(9)17-2)12-7-14-10(5-13)6-15-12/h6-7,9,11H,3-5,8,13H2,1-2H3. The third-order valence-corrected chi connectivity index (χ3v) is 3.42. The number of aromatic nitrogens is 2. The topological polar surface area (TPSA) is 64.3 Å². The van der Waals surface area contributed by atoms with Gasteiger partial charge >= 0.3 is 0 Å². The summed E-state index contributed by atoms with van der Waals surface area (Å²) in [5.41, 5.74) is 6.33. The zero-order valence-corrected chi connectivity index (χ0v) is 10.5. The van der Waals surface area contributed by atoms with Gasteiger partial charge in [-0.2, -0.15) is 0 Å². The lowest BCUT2D eigenvalue weighted by molar-refractivity contribution is 0.0496. The van der Waals surface area contributed by atoms with Crippen molar-refractivity contribution < 1.29 is 4.74 Å². The van der Waals surface area contributed by atoms with Crippen molar-refractivity contribution in [3.63, 3.8) is 0 Å². The molecule has 2 rings (SSSR count). The molecular weight excluding hydrogens is 216 g/mol. The highest BCUT2D eigenvalue weighted by Gasteiger charge is 2.26. The van der Waals surface area contributed by atoms with Crippen LogP contribution in [-0.4, -0.2) is 36.3 Å². The molecule has 94 valence electrons. The van der Waals surface area contributed by atoms with E-state index in [1.807, 2.05) is 0 Å². The highest BCUT2D eigenvalue weighted by atomic mass is 16.5. The van der Waals surface area contributed by atoms with E-state index in [0.29, 0.717) is 12.5 Å². The lowest BCUT2D eigenvalue weighted by Crippen LogP contribution is -2.44. The van der Waals surface area contributed by atoms with Gasteiger partial charge in [-0.05, 0) is 12.3 Å². The van der Waals surface area contributed by atoms with Gasteiger partial charge < -0.3 is 15.4 Å². The first-order valence-electron chi connectivity index (χ1n) is 6.03. The van der Waals surface area contributed by atoms with Crippen LogP contribution >= 0.6 is 0 Å². The molecule has 1 aromatic heterocycles. The first-order valence-corrected chi connectivity index (χ1v) is 6.03. The fraction of sp³-hybridized carbons (Fsp3) is 0.667. The summed E-state index contributed by atoms with van der Waals surface area (Å²) in [5, 5.41) is 0. The third kappa shape index (κ3) is 2.73. The Kier molecular flexibility index (Phi) is 3.91. The molecule has 2 atom stereocenters. The van der Waals surface area contributed by atoms with Crippen LogP contribution in [0.2, 0.25) is 0 Å². The Morgan fingerprint density at radius 1 is 1.47 bits per heavy atom. The predicted molar refractivity (Wildman–Crippen MR) is 66.7 cm³/mol. The van der Waals surface area contributed by atoms with Gasteiger partial charge in [-0.3, -0.25) is 4.98 Å². The first kappa shape index (κ1) is 12.3. The Labute approximate surface area is 102 Å². The molecule has 1 aliphatic heterocycles. The predicted octanol–water partition coefficient (Wildman–Crippen LogP) is 0.796. The maximum atomic E-state index is 5.50. The van der Waals surface area contributed by atoms with E-state index >= 15 is 0 Å². The number of methoxy groups -OCH3 is 1. The lowest BCUT2D eigenvalue weighted by atomic mass is 9.96. The number of hydrogen-bond acceptors (Lipinski definition) is 5. The van der Waals surface area contributed by atoms with Crippen LogP contribution in [0.15, 0.2) is 12.4 Å². The van der Waals surface area contributed by atoms with Crippen LogP contribution in [0.3, 0.4) is 0 Å². The SMILES string of the molecule is COC1CN(c2cnc(CN)cn2)CCC1C. The van der Waals surface area contributed by atoms with Crippen molar-refractivity contribution >= 4 is 5.82 Å². The summed E-state index contributed by atoms with van der Waals surface area (Å²) in [6.45, 7) is 4.56. The molecule has 17 heavy (non-hydrogen) atoms. The largest absolute Gasteiger partial charge is 0.379 e. The Balaban J connectivity index is 2.06. The molecule has 2 unspecified atom stereocenters. The average Bonchev–Trinajstić information content (AvgIpc) is 2.39. The molecule has 0 aromatic carbocycles. The Bertz CT molecular complexity index is 354. The van der Waals surface area contributed by atoms with Crippen LogP contribution in [0.5, 0.6) is 0 Å². The van der Waals surface area contributed by atoms with Crippen molar-refractivity contribution in [1.29, 1.82) is 0 Å². The van der Waals surface area contributed by atoms with Gasteiger partial charge in [0.25, 0.3) is 0 Å². The molecular formula is C12H20N4O. The molecule has 2 N–H and O–H groups in total. The molecule has 0 saturated carbocycles. The highest BCUT2D eigenvalue weighted by molar-refractivity contribution is 5.36. The third-order valence-electron chi connectivity index (χ3n) is 3.42. The van der Waals surface area contributed by atoms with Gasteiger partial charge in [-0.25, -0.2) is 4.98 Å². The molecule has 5 heteroatoms. The monoisotopic (exact) mass is 236 g/mol. The molecule has 2 heterocycles. The van der Waals surface area contributed by atoms with Crippen molar-refractivity contribution in [1.82, 2.24) is 9.97 Å². The molecule has 0 aliphatic carbocycles. The summed E-state index contributed by atoms with van der Waals surface area (Å²) in [5.74, 6) is 1.52. The summed E-state index contributed by atoms with van der Waals surface area (Å²) in [6, 6.07) is 0. The van der Waals surface area contributed by atoms with Gasteiger partial charge in [0.15, 0.2) is 0 Å². The number of anilines is 1. The number of nitrogens with two attached hydrogens (primary N) is 1. The second-order valence-corrected chi connectivity index (χ2v) is 4.56. The van der Waals surface area contributed by atoms with Crippen LogP contribution in [-0.2, 0) is 11.3 Å². The maximum absolute atomic E-state index is 5.50. The smallest absolute Gasteiger partial charge is 0.147 e. The van der Waals surface area contributed by atoms with Crippen LogP contribution < -0.4 is 10.6 Å². The minimum Gasteiger partial charge on any atom is -0.379 e. The Morgan fingerprint density at radius 3 is 2.88 bits per heavy atom. The van der Waals surface area contributed by atoms with E-state index in [2.05, 4.69) is 21.8 Å². The van der Waals surface area contributed by atoms with Crippen molar-refractivity contribution in [2.24, 2.45) is 11.7 Å². The normalized spacial score (nSPS) is 25.0. The van der Waals surface area contributed by atoms with Gasteiger partial charge in [-0.15, -0.1) is 0 Å². The fourth-order valence-corrected chi connectivity index (χ4v) is 2.17. The van der Waals surface area contributed by atoms with Crippen molar-refractivity contribution in [3.05, 3.63) is 18.1 Å². The van der Waals surface area contributed by atoms with Crippen molar-refractivity contribution in [2.75, 3.05) is 25.1 Å².